The molecule has 9 nitrogen and oxygen atoms in total. The van der Waals surface area contributed by atoms with E-state index in [1.165, 1.54) is 12.3 Å². The number of aliphatic hydroxyl groups excluding tert-OH is 1. The van der Waals surface area contributed by atoms with E-state index in [1.54, 1.807) is 18.2 Å². The van der Waals surface area contributed by atoms with E-state index in [2.05, 4.69) is 20.3 Å². The highest BCUT2D eigenvalue weighted by Gasteiger charge is 2.21. The second-order valence-electron chi connectivity index (χ2n) is 5.04. The number of benzene rings is 1. The van der Waals surface area contributed by atoms with Gasteiger partial charge < -0.3 is 29.7 Å². The molecule has 126 valence electrons. The Kier molecular flexibility index (Phi) is 4.62. The van der Waals surface area contributed by atoms with Crippen LogP contribution in [0.15, 0.2) is 35.1 Å². The number of aliphatic hydroxyl groups is 1. The Morgan fingerprint density at radius 2 is 2.08 bits per heavy atom. The number of carbonyl (C=O) groups is 2. The topological polar surface area (TPSA) is 123 Å². The van der Waals surface area contributed by atoms with Crippen LogP contribution in [0.1, 0.15) is 5.56 Å². The van der Waals surface area contributed by atoms with Gasteiger partial charge in [-0.1, -0.05) is 11.2 Å². The van der Waals surface area contributed by atoms with Gasteiger partial charge in [-0.2, -0.15) is 0 Å². The quantitative estimate of drug-likeness (QED) is 0.683. The molecule has 0 bridgehead atoms. The molecular weight excluding hydrogens is 318 g/mol. The molecule has 2 aromatic rings. The molecule has 1 aliphatic rings. The van der Waals surface area contributed by atoms with E-state index in [4.69, 9.17) is 9.47 Å². The molecule has 2 heterocycles. The lowest BCUT2D eigenvalue weighted by Gasteiger charge is -2.15. The molecule has 0 saturated heterocycles. The van der Waals surface area contributed by atoms with E-state index in [1.807, 2.05) is 0 Å². The van der Waals surface area contributed by atoms with E-state index in [0.717, 1.165) is 0 Å². The van der Waals surface area contributed by atoms with Crippen molar-refractivity contribution in [1.82, 2.24) is 10.5 Å². The van der Waals surface area contributed by atoms with Crippen LogP contribution < -0.4 is 20.1 Å². The first kappa shape index (κ1) is 15.8. The van der Waals surface area contributed by atoms with E-state index < -0.39 is 24.5 Å². The largest absolute Gasteiger partial charge is 0.454 e. The van der Waals surface area contributed by atoms with Gasteiger partial charge in [-0.05, 0) is 17.7 Å². The molecule has 1 aromatic heterocycles. The minimum Gasteiger partial charge on any atom is -0.454 e. The summed E-state index contributed by atoms with van der Waals surface area (Å²) in [6.45, 7) is -0.393. The fraction of sp³-hybridized carbons (Fsp3) is 0.267. The van der Waals surface area contributed by atoms with Crippen molar-refractivity contribution in [3.8, 4) is 11.5 Å². The number of hydrogen-bond acceptors (Lipinski definition) is 7. The molecule has 0 saturated carbocycles. The molecule has 3 N–H and O–H groups in total. The molecule has 24 heavy (non-hydrogen) atoms. The van der Waals surface area contributed by atoms with Gasteiger partial charge in [0, 0.05) is 6.07 Å². The third-order valence-corrected chi connectivity index (χ3v) is 3.33. The van der Waals surface area contributed by atoms with Crippen LogP contribution in [0.2, 0.25) is 0 Å². The normalized spacial score (nSPS) is 13.4. The monoisotopic (exact) mass is 333 g/mol. The van der Waals surface area contributed by atoms with Crippen LogP contribution in [0.5, 0.6) is 11.5 Å². The maximum Gasteiger partial charge on any atom is 0.250 e. The van der Waals surface area contributed by atoms with Crippen molar-refractivity contribution in [2.75, 3.05) is 18.7 Å². The number of rotatable bonds is 6. The van der Waals surface area contributed by atoms with Crippen LogP contribution in [0, 0.1) is 0 Å². The van der Waals surface area contributed by atoms with Gasteiger partial charge in [-0.15, -0.1) is 0 Å². The SMILES string of the molecule is O=C(Cc1ccc2c(c1)OCO2)N[C@@H](CO)C(=O)Nc1ccon1. The third-order valence-electron chi connectivity index (χ3n) is 3.33. The first-order valence-corrected chi connectivity index (χ1v) is 7.15. The molecule has 0 spiro atoms. The van der Waals surface area contributed by atoms with E-state index >= 15 is 0 Å². The lowest BCUT2D eigenvalue weighted by atomic mass is 10.1. The fourth-order valence-electron chi connectivity index (χ4n) is 2.17. The highest BCUT2D eigenvalue weighted by molar-refractivity contribution is 5.96. The number of aromatic nitrogens is 1. The van der Waals surface area contributed by atoms with Crippen molar-refractivity contribution in [2.24, 2.45) is 0 Å². The number of nitrogens with zero attached hydrogens (tertiary/aromatic N) is 1. The Bertz CT molecular complexity index is 731. The highest BCUT2D eigenvalue weighted by atomic mass is 16.7. The van der Waals surface area contributed by atoms with Crippen molar-refractivity contribution >= 4 is 17.6 Å². The molecular formula is C15H15N3O6. The molecule has 9 heteroatoms. The van der Waals surface area contributed by atoms with Crippen molar-refractivity contribution in [3.05, 3.63) is 36.1 Å². The molecule has 3 rings (SSSR count). The van der Waals surface area contributed by atoms with Gasteiger partial charge in [-0.25, -0.2) is 0 Å². The predicted molar refractivity (Wildman–Crippen MR) is 80.4 cm³/mol. The van der Waals surface area contributed by atoms with Crippen LogP contribution in [0.3, 0.4) is 0 Å². The van der Waals surface area contributed by atoms with E-state index in [9.17, 15) is 14.7 Å². The minimum absolute atomic E-state index is 0.0321. The number of fused-ring (bicyclic) bond motifs is 1. The van der Waals surface area contributed by atoms with Crippen LogP contribution in [-0.4, -0.2) is 41.5 Å². The van der Waals surface area contributed by atoms with E-state index in [-0.39, 0.29) is 19.0 Å². The average molecular weight is 333 g/mol. The van der Waals surface area contributed by atoms with Gasteiger partial charge in [0.05, 0.1) is 13.0 Å². The zero-order valence-corrected chi connectivity index (χ0v) is 12.5. The van der Waals surface area contributed by atoms with Gasteiger partial charge in [-0.3, -0.25) is 9.59 Å². The Hall–Kier alpha value is -3.07. The third kappa shape index (κ3) is 3.63. The fourth-order valence-corrected chi connectivity index (χ4v) is 2.17. The summed E-state index contributed by atoms with van der Waals surface area (Å²) in [4.78, 5) is 24.1. The van der Waals surface area contributed by atoms with Crippen LogP contribution >= 0.6 is 0 Å². The Balaban J connectivity index is 1.57. The number of hydrogen-bond donors (Lipinski definition) is 3. The summed E-state index contributed by atoms with van der Waals surface area (Å²) in [7, 11) is 0. The summed E-state index contributed by atoms with van der Waals surface area (Å²) < 4.78 is 15.0. The molecule has 1 aliphatic heterocycles. The van der Waals surface area contributed by atoms with Crippen molar-refractivity contribution in [1.29, 1.82) is 0 Å². The van der Waals surface area contributed by atoms with Gasteiger partial charge in [0.1, 0.15) is 12.3 Å². The number of anilines is 1. The second-order valence-corrected chi connectivity index (χ2v) is 5.04. The number of ether oxygens (including phenoxy) is 2. The Labute approximate surface area is 136 Å². The highest BCUT2D eigenvalue weighted by Crippen LogP contribution is 2.32. The smallest absolute Gasteiger partial charge is 0.250 e. The lowest BCUT2D eigenvalue weighted by Crippen LogP contribution is -2.46. The van der Waals surface area contributed by atoms with Crippen molar-refractivity contribution in [3.63, 3.8) is 0 Å². The summed E-state index contributed by atoms with van der Waals surface area (Å²) >= 11 is 0. The van der Waals surface area contributed by atoms with Gasteiger partial charge in [0.2, 0.25) is 12.7 Å². The van der Waals surface area contributed by atoms with Crippen molar-refractivity contribution < 1.29 is 28.7 Å². The van der Waals surface area contributed by atoms with Crippen molar-refractivity contribution in [2.45, 2.75) is 12.5 Å². The minimum atomic E-state index is -1.09. The summed E-state index contributed by atoms with van der Waals surface area (Å²) in [6.07, 6.45) is 1.33. The van der Waals surface area contributed by atoms with E-state index in [0.29, 0.717) is 17.1 Å². The zero-order valence-electron chi connectivity index (χ0n) is 12.5. The number of carbonyl (C=O) groups excluding carboxylic acids is 2. The Morgan fingerprint density at radius 3 is 2.83 bits per heavy atom. The maximum atomic E-state index is 12.1. The van der Waals surface area contributed by atoms with Gasteiger partial charge in [0.25, 0.3) is 5.91 Å². The molecule has 2 amide bonds. The van der Waals surface area contributed by atoms with Crippen LogP contribution in [0.25, 0.3) is 0 Å². The van der Waals surface area contributed by atoms with Crippen LogP contribution in [0.4, 0.5) is 5.82 Å². The molecule has 0 unspecified atom stereocenters. The summed E-state index contributed by atoms with van der Waals surface area (Å²) in [5.74, 6) is 0.388. The summed E-state index contributed by atoms with van der Waals surface area (Å²) in [6, 6.07) is 5.50. The standard InChI is InChI=1S/C15H15N3O6/c19-7-10(15(21)17-13-3-4-24-18-13)16-14(20)6-9-1-2-11-12(5-9)23-8-22-11/h1-5,10,19H,6-8H2,(H,16,20)(H,17,18,21)/t10-/m0/s1. The maximum absolute atomic E-state index is 12.1. The molecule has 0 aliphatic carbocycles. The predicted octanol–water partition coefficient (Wildman–Crippen LogP) is 0.0616. The van der Waals surface area contributed by atoms with Gasteiger partial charge in [0.15, 0.2) is 17.3 Å². The lowest BCUT2D eigenvalue weighted by molar-refractivity contribution is -0.126. The molecule has 0 fully saturated rings. The Morgan fingerprint density at radius 1 is 1.25 bits per heavy atom. The molecule has 1 atom stereocenters. The average Bonchev–Trinajstić information content (AvgIpc) is 3.23. The van der Waals surface area contributed by atoms with Crippen LogP contribution in [-0.2, 0) is 16.0 Å². The first-order chi connectivity index (χ1) is 11.7. The zero-order chi connectivity index (χ0) is 16.9. The molecule has 0 radical (unpaired) electrons. The first-order valence-electron chi connectivity index (χ1n) is 7.15. The number of nitrogens with one attached hydrogen (secondary N) is 2. The second kappa shape index (κ2) is 7.01. The summed E-state index contributed by atoms with van der Waals surface area (Å²) in [5.41, 5.74) is 0.699. The van der Waals surface area contributed by atoms with Gasteiger partial charge >= 0.3 is 0 Å². The number of amides is 2. The summed E-state index contributed by atoms with van der Waals surface area (Å²) in [5, 5.41) is 17.7. The molecule has 1 aromatic carbocycles.